The molecule has 1 fully saturated rings. The molecule has 3 rings (SSSR count). The molecule has 0 bridgehead atoms. The zero-order chi connectivity index (χ0) is 13.4. The lowest BCUT2D eigenvalue weighted by Gasteiger charge is -2.25. The maximum absolute atomic E-state index is 6.19. The first-order chi connectivity index (χ1) is 9.15. The van der Waals surface area contributed by atoms with E-state index in [-0.39, 0.29) is 0 Å². The summed E-state index contributed by atoms with van der Waals surface area (Å²) in [7, 11) is 0. The van der Waals surface area contributed by atoms with Gasteiger partial charge in [0.1, 0.15) is 16.8 Å². The number of hydrogen-bond acceptors (Lipinski definition) is 4. The average Bonchev–Trinajstić information content (AvgIpc) is 3.09. The molecule has 0 unspecified atom stereocenters. The molecule has 0 aromatic carbocycles. The number of anilines is 1. The fraction of sp³-hybridized carbons (Fsp3) is 0.429. The summed E-state index contributed by atoms with van der Waals surface area (Å²) >= 11 is 7.93. The number of aromatic nitrogens is 2. The third kappa shape index (κ3) is 2.74. The Kier molecular flexibility index (Phi) is 3.46. The van der Waals surface area contributed by atoms with Crippen molar-refractivity contribution in [3.05, 3.63) is 38.9 Å². The Morgan fingerprint density at radius 2 is 2.16 bits per heavy atom. The Hall–Kier alpha value is -1.13. The van der Waals surface area contributed by atoms with E-state index in [4.69, 9.17) is 11.6 Å². The molecule has 0 amide bonds. The maximum Gasteiger partial charge on any atom is 0.137 e. The van der Waals surface area contributed by atoms with Gasteiger partial charge < -0.3 is 4.90 Å². The van der Waals surface area contributed by atoms with Crippen LogP contribution in [0.1, 0.15) is 29.8 Å². The summed E-state index contributed by atoms with van der Waals surface area (Å²) < 4.78 is 0. The van der Waals surface area contributed by atoms with Crippen molar-refractivity contribution in [1.29, 1.82) is 0 Å². The number of halogens is 1. The van der Waals surface area contributed by atoms with Crippen LogP contribution in [0, 0.1) is 13.8 Å². The molecule has 5 heteroatoms. The van der Waals surface area contributed by atoms with E-state index in [1.165, 1.54) is 18.4 Å². The van der Waals surface area contributed by atoms with Gasteiger partial charge in [0.15, 0.2) is 0 Å². The highest BCUT2D eigenvalue weighted by molar-refractivity contribution is 7.07. The first-order valence-corrected chi connectivity index (χ1v) is 7.75. The zero-order valence-corrected chi connectivity index (χ0v) is 12.6. The maximum atomic E-state index is 6.19. The van der Waals surface area contributed by atoms with Gasteiger partial charge in [0.05, 0.1) is 0 Å². The molecule has 1 saturated carbocycles. The summed E-state index contributed by atoms with van der Waals surface area (Å²) in [6.45, 7) is 4.80. The van der Waals surface area contributed by atoms with Crippen LogP contribution in [0.3, 0.4) is 0 Å². The van der Waals surface area contributed by atoms with Crippen LogP contribution < -0.4 is 4.90 Å². The Morgan fingerprint density at radius 1 is 1.37 bits per heavy atom. The van der Waals surface area contributed by atoms with Crippen molar-refractivity contribution in [2.24, 2.45) is 0 Å². The molecule has 0 atom stereocenters. The second kappa shape index (κ2) is 5.10. The summed E-state index contributed by atoms with van der Waals surface area (Å²) in [6, 6.07) is 2.77. The molecule has 0 saturated heterocycles. The molecule has 0 radical (unpaired) electrons. The Morgan fingerprint density at radius 3 is 2.79 bits per heavy atom. The topological polar surface area (TPSA) is 29.0 Å². The highest BCUT2D eigenvalue weighted by Gasteiger charge is 2.31. The van der Waals surface area contributed by atoms with E-state index in [0.717, 1.165) is 23.8 Å². The van der Waals surface area contributed by atoms with Gasteiger partial charge in [-0.25, -0.2) is 9.97 Å². The Bertz CT molecular complexity index is 579. The van der Waals surface area contributed by atoms with Crippen LogP contribution >= 0.6 is 22.9 Å². The molecule has 2 aromatic heterocycles. The van der Waals surface area contributed by atoms with Gasteiger partial charge in [-0.2, -0.15) is 11.3 Å². The van der Waals surface area contributed by atoms with Crippen molar-refractivity contribution >= 4 is 28.8 Å². The second-order valence-corrected chi connectivity index (χ2v) is 6.14. The molecule has 0 aliphatic heterocycles. The monoisotopic (exact) mass is 293 g/mol. The predicted octanol–water partition coefficient (Wildman–Crippen LogP) is 3.98. The number of thiophene rings is 1. The van der Waals surface area contributed by atoms with E-state index in [0.29, 0.717) is 11.2 Å². The largest absolute Gasteiger partial charge is 0.349 e. The van der Waals surface area contributed by atoms with Gasteiger partial charge in [0.25, 0.3) is 0 Å². The Labute approximate surface area is 122 Å². The lowest BCUT2D eigenvalue weighted by molar-refractivity contribution is 0.767. The van der Waals surface area contributed by atoms with Gasteiger partial charge in [0, 0.05) is 18.2 Å². The molecule has 2 heterocycles. The molecule has 3 nitrogen and oxygen atoms in total. The van der Waals surface area contributed by atoms with Crippen LogP contribution in [0.5, 0.6) is 0 Å². The van der Waals surface area contributed by atoms with E-state index in [2.05, 4.69) is 31.7 Å². The minimum atomic E-state index is 0.568. The van der Waals surface area contributed by atoms with Crippen LogP contribution in [0.2, 0.25) is 5.15 Å². The fourth-order valence-corrected chi connectivity index (χ4v) is 3.07. The van der Waals surface area contributed by atoms with Gasteiger partial charge in [0.2, 0.25) is 0 Å². The third-order valence-electron chi connectivity index (χ3n) is 3.37. The van der Waals surface area contributed by atoms with Crippen molar-refractivity contribution in [3.63, 3.8) is 0 Å². The van der Waals surface area contributed by atoms with Crippen LogP contribution in [-0.4, -0.2) is 16.0 Å². The third-order valence-corrected chi connectivity index (χ3v) is 4.47. The minimum Gasteiger partial charge on any atom is -0.349 e. The first kappa shape index (κ1) is 12.9. The van der Waals surface area contributed by atoms with Crippen molar-refractivity contribution in [3.8, 4) is 0 Å². The van der Waals surface area contributed by atoms with Crippen LogP contribution in [0.25, 0.3) is 0 Å². The molecule has 100 valence electrons. The van der Waals surface area contributed by atoms with Crippen LogP contribution in [0.4, 0.5) is 5.82 Å². The number of aryl methyl sites for hydroxylation is 1. The second-order valence-electron chi connectivity index (χ2n) is 5.00. The fourth-order valence-electron chi connectivity index (χ4n) is 2.20. The quantitative estimate of drug-likeness (QED) is 0.799. The highest BCUT2D eigenvalue weighted by atomic mass is 35.5. The number of hydrogen-bond donors (Lipinski definition) is 0. The van der Waals surface area contributed by atoms with Gasteiger partial charge >= 0.3 is 0 Å². The van der Waals surface area contributed by atoms with Crippen LogP contribution in [0.15, 0.2) is 16.8 Å². The van der Waals surface area contributed by atoms with E-state index in [1.54, 1.807) is 11.3 Å². The van der Waals surface area contributed by atoms with Gasteiger partial charge in [-0.15, -0.1) is 0 Å². The molecule has 1 aliphatic carbocycles. The number of rotatable bonds is 4. The smallest absolute Gasteiger partial charge is 0.137 e. The van der Waals surface area contributed by atoms with Crippen molar-refractivity contribution in [1.82, 2.24) is 9.97 Å². The summed E-state index contributed by atoms with van der Waals surface area (Å²) in [5.74, 6) is 1.73. The summed E-state index contributed by atoms with van der Waals surface area (Å²) in [4.78, 5) is 11.2. The van der Waals surface area contributed by atoms with Crippen molar-refractivity contribution < 1.29 is 0 Å². The SMILES string of the molecule is Cc1nc(Cl)c(C)c(N(Cc2ccsc2)C2CC2)n1. The summed E-state index contributed by atoms with van der Waals surface area (Å²) in [6.07, 6.45) is 2.48. The lowest BCUT2D eigenvalue weighted by Crippen LogP contribution is -2.27. The van der Waals surface area contributed by atoms with Gasteiger partial charge in [-0.3, -0.25) is 0 Å². The van der Waals surface area contributed by atoms with Crippen molar-refractivity contribution in [2.75, 3.05) is 4.90 Å². The summed E-state index contributed by atoms with van der Waals surface area (Å²) in [5, 5.41) is 4.88. The molecule has 1 aliphatic rings. The first-order valence-electron chi connectivity index (χ1n) is 6.43. The predicted molar refractivity (Wildman–Crippen MR) is 80.0 cm³/mol. The van der Waals surface area contributed by atoms with Gasteiger partial charge in [-0.05, 0) is 49.1 Å². The zero-order valence-electron chi connectivity index (χ0n) is 11.1. The minimum absolute atomic E-state index is 0.568. The highest BCUT2D eigenvalue weighted by Crippen LogP contribution is 2.35. The van der Waals surface area contributed by atoms with E-state index in [9.17, 15) is 0 Å². The van der Waals surface area contributed by atoms with E-state index >= 15 is 0 Å². The molecule has 2 aromatic rings. The Balaban J connectivity index is 1.96. The normalized spacial score (nSPS) is 14.7. The average molecular weight is 294 g/mol. The molecule has 0 spiro atoms. The standard InChI is InChI=1S/C14H16ClN3S/c1-9-13(15)16-10(2)17-14(9)18(12-3-4-12)7-11-5-6-19-8-11/h5-6,8,12H,3-4,7H2,1-2H3. The lowest BCUT2D eigenvalue weighted by atomic mass is 10.2. The van der Waals surface area contributed by atoms with E-state index in [1.807, 2.05) is 13.8 Å². The van der Waals surface area contributed by atoms with Crippen molar-refractivity contribution in [2.45, 2.75) is 39.3 Å². The number of nitrogens with zero attached hydrogens (tertiary/aromatic N) is 3. The van der Waals surface area contributed by atoms with E-state index < -0.39 is 0 Å². The molecular formula is C14H16ClN3S. The van der Waals surface area contributed by atoms with Crippen LogP contribution in [-0.2, 0) is 6.54 Å². The van der Waals surface area contributed by atoms with Gasteiger partial charge in [-0.1, -0.05) is 11.6 Å². The molecular weight excluding hydrogens is 278 g/mol. The molecule has 0 N–H and O–H groups in total. The summed E-state index contributed by atoms with van der Waals surface area (Å²) in [5.41, 5.74) is 2.32. The molecule has 19 heavy (non-hydrogen) atoms.